The lowest BCUT2D eigenvalue weighted by molar-refractivity contribution is 0.100. The highest BCUT2D eigenvalue weighted by molar-refractivity contribution is 6.17. The number of rotatable bonds is 4. The topological polar surface area (TPSA) is 114 Å². The Hall–Kier alpha value is -3.55. The van der Waals surface area contributed by atoms with Gasteiger partial charge in [0.25, 0.3) is 5.91 Å². The second-order valence-corrected chi connectivity index (χ2v) is 8.04. The van der Waals surface area contributed by atoms with E-state index in [2.05, 4.69) is 4.98 Å². The molecule has 0 atom stereocenters. The molecule has 30 heavy (non-hydrogen) atoms. The maximum absolute atomic E-state index is 12.6. The predicted molar refractivity (Wildman–Crippen MR) is 116 cm³/mol. The Morgan fingerprint density at radius 1 is 1.27 bits per heavy atom. The molecule has 0 bridgehead atoms. The van der Waals surface area contributed by atoms with E-state index in [0.717, 1.165) is 57.6 Å². The van der Waals surface area contributed by atoms with Gasteiger partial charge in [-0.15, -0.1) is 0 Å². The lowest BCUT2D eigenvalue weighted by Crippen LogP contribution is -2.14. The van der Waals surface area contributed by atoms with Crippen LogP contribution in [0.15, 0.2) is 18.5 Å². The summed E-state index contributed by atoms with van der Waals surface area (Å²) in [6, 6.07) is 3.91. The van der Waals surface area contributed by atoms with Crippen LogP contribution in [0.4, 0.5) is 5.82 Å². The number of hydrogen-bond donors (Lipinski definition) is 2. The van der Waals surface area contributed by atoms with Crippen molar-refractivity contribution in [3.05, 3.63) is 40.8 Å². The summed E-state index contributed by atoms with van der Waals surface area (Å²) < 4.78 is 9.35. The summed E-state index contributed by atoms with van der Waals surface area (Å²) >= 11 is 0. The number of nitrogens with zero attached hydrogens (tertiary/aromatic N) is 4. The second kappa shape index (κ2) is 6.22. The number of nitrogens with two attached hydrogens (primary N) is 2. The third kappa shape index (κ3) is 2.36. The first-order chi connectivity index (χ1) is 14.3. The fourth-order valence-corrected chi connectivity index (χ4v) is 4.47. The smallest absolute Gasteiger partial charge is 0.253 e. The van der Waals surface area contributed by atoms with Gasteiger partial charge in [-0.1, -0.05) is 6.07 Å². The van der Waals surface area contributed by atoms with Crippen LogP contribution in [-0.2, 0) is 7.05 Å². The second-order valence-electron chi connectivity index (χ2n) is 8.04. The minimum absolute atomic E-state index is 0.299. The van der Waals surface area contributed by atoms with Crippen molar-refractivity contribution in [2.45, 2.75) is 32.6 Å². The fraction of sp³-hybridized carbons (Fsp3) is 0.318. The van der Waals surface area contributed by atoms with Crippen LogP contribution >= 0.6 is 0 Å². The van der Waals surface area contributed by atoms with Crippen LogP contribution in [0.5, 0.6) is 5.75 Å². The average Bonchev–Trinajstić information content (AvgIpc) is 3.42. The number of ether oxygens (including phenoxy) is 1. The van der Waals surface area contributed by atoms with E-state index in [1.54, 1.807) is 13.4 Å². The molecule has 4 N–H and O–H groups in total. The number of benzene rings is 1. The summed E-state index contributed by atoms with van der Waals surface area (Å²) in [4.78, 5) is 22.1. The van der Waals surface area contributed by atoms with Gasteiger partial charge in [-0.25, -0.2) is 9.97 Å². The Labute approximate surface area is 173 Å². The number of aromatic nitrogens is 4. The van der Waals surface area contributed by atoms with Gasteiger partial charge in [0.2, 0.25) is 0 Å². The standard InChI is InChI=1S/C22H24N6O2/c1-10-5-8-13(30-4)11(2)18(10)28-19-14(15(20(28)23)21(24)29)16(12-6-7-12)26-22-17(19)25-9-27(22)3/h5,8-9,12H,6-7,23H2,1-4H3,(H2,24,29). The van der Waals surface area contributed by atoms with E-state index in [0.29, 0.717) is 22.8 Å². The van der Waals surface area contributed by atoms with Gasteiger partial charge in [0.15, 0.2) is 5.65 Å². The summed E-state index contributed by atoms with van der Waals surface area (Å²) in [5, 5.41) is 0.718. The largest absolute Gasteiger partial charge is 0.496 e. The summed E-state index contributed by atoms with van der Waals surface area (Å²) in [7, 11) is 3.55. The third-order valence-electron chi connectivity index (χ3n) is 6.06. The van der Waals surface area contributed by atoms with Crippen molar-refractivity contribution in [2.75, 3.05) is 12.8 Å². The zero-order valence-electron chi connectivity index (χ0n) is 17.5. The minimum Gasteiger partial charge on any atom is -0.496 e. The van der Waals surface area contributed by atoms with E-state index in [1.807, 2.05) is 42.2 Å². The number of methoxy groups -OCH3 is 1. The molecule has 0 aliphatic heterocycles. The van der Waals surface area contributed by atoms with E-state index in [9.17, 15) is 4.79 Å². The summed E-state index contributed by atoms with van der Waals surface area (Å²) in [5.74, 6) is 0.783. The highest BCUT2D eigenvalue weighted by Gasteiger charge is 2.34. The zero-order valence-corrected chi connectivity index (χ0v) is 17.5. The first kappa shape index (κ1) is 18.5. The normalized spacial score (nSPS) is 14.0. The zero-order chi connectivity index (χ0) is 21.3. The van der Waals surface area contributed by atoms with Gasteiger partial charge in [0.05, 0.1) is 35.9 Å². The number of anilines is 1. The van der Waals surface area contributed by atoms with Crippen molar-refractivity contribution < 1.29 is 9.53 Å². The lowest BCUT2D eigenvalue weighted by Gasteiger charge is -2.17. The van der Waals surface area contributed by atoms with Crippen molar-refractivity contribution >= 4 is 33.8 Å². The molecular formula is C22H24N6O2. The highest BCUT2D eigenvalue weighted by Crippen LogP contribution is 2.47. The van der Waals surface area contributed by atoms with Crippen molar-refractivity contribution in [2.24, 2.45) is 12.8 Å². The van der Waals surface area contributed by atoms with Gasteiger partial charge < -0.3 is 20.8 Å². The molecule has 0 radical (unpaired) electrons. The first-order valence-electron chi connectivity index (χ1n) is 9.94. The number of carbonyl (C=O) groups is 1. The predicted octanol–water partition coefficient (Wildman–Crippen LogP) is 3.10. The van der Waals surface area contributed by atoms with E-state index < -0.39 is 5.91 Å². The Morgan fingerprint density at radius 2 is 2.00 bits per heavy atom. The van der Waals surface area contributed by atoms with Crippen LogP contribution in [0.25, 0.3) is 27.8 Å². The van der Waals surface area contributed by atoms with Crippen LogP contribution in [0.3, 0.4) is 0 Å². The van der Waals surface area contributed by atoms with Crippen LogP contribution in [-0.4, -0.2) is 32.1 Å². The van der Waals surface area contributed by atoms with Crippen molar-refractivity contribution in [1.29, 1.82) is 0 Å². The van der Waals surface area contributed by atoms with Gasteiger partial charge >= 0.3 is 0 Å². The van der Waals surface area contributed by atoms with Crippen molar-refractivity contribution in [3.63, 3.8) is 0 Å². The molecule has 3 aromatic heterocycles. The number of pyridine rings is 1. The Kier molecular flexibility index (Phi) is 3.83. The molecule has 1 saturated carbocycles. The SMILES string of the molecule is COc1ccc(C)c(-n2c(N)c(C(N)=O)c3c(C4CC4)nc4c(ncn4C)c32)c1C. The van der Waals surface area contributed by atoms with E-state index in [1.165, 1.54) is 0 Å². The number of primary amides is 1. The van der Waals surface area contributed by atoms with Crippen LogP contribution < -0.4 is 16.2 Å². The van der Waals surface area contributed by atoms with Gasteiger partial charge in [0, 0.05) is 23.9 Å². The molecule has 1 aromatic carbocycles. The molecule has 0 unspecified atom stereocenters. The molecule has 5 rings (SSSR count). The van der Waals surface area contributed by atoms with Gasteiger partial charge in [0.1, 0.15) is 17.1 Å². The molecule has 0 spiro atoms. The molecule has 1 aliphatic carbocycles. The molecule has 154 valence electrons. The maximum Gasteiger partial charge on any atom is 0.253 e. The van der Waals surface area contributed by atoms with E-state index in [-0.39, 0.29) is 0 Å². The Balaban J connectivity index is 2.05. The molecule has 1 fully saturated rings. The van der Waals surface area contributed by atoms with Gasteiger partial charge in [-0.05, 0) is 38.3 Å². The number of imidazole rings is 1. The molecule has 1 amide bonds. The molecule has 8 nitrogen and oxygen atoms in total. The molecule has 0 saturated heterocycles. The van der Waals surface area contributed by atoms with Crippen molar-refractivity contribution in [1.82, 2.24) is 19.1 Å². The van der Waals surface area contributed by atoms with E-state index in [4.69, 9.17) is 21.2 Å². The number of carbonyl (C=O) groups excluding carboxylic acids is 1. The Morgan fingerprint density at radius 3 is 2.63 bits per heavy atom. The van der Waals surface area contributed by atoms with Crippen LogP contribution in [0.2, 0.25) is 0 Å². The minimum atomic E-state index is -0.562. The van der Waals surface area contributed by atoms with Crippen LogP contribution in [0.1, 0.15) is 45.9 Å². The monoisotopic (exact) mass is 404 g/mol. The van der Waals surface area contributed by atoms with E-state index >= 15 is 0 Å². The number of nitrogen functional groups attached to an aromatic ring is 1. The molecule has 3 heterocycles. The van der Waals surface area contributed by atoms with Gasteiger partial charge in [-0.3, -0.25) is 9.36 Å². The lowest BCUT2D eigenvalue weighted by atomic mass is 10.1. The third-order valence-corrected chi connectivity index (χ3v) is 6.06. The fourth-order valence-electron chi connectivity index (χ4n) is 4.47. The average molecular weight is 404 g/mol. The highest BCUT2D eigenvalue weighted by atomic mass is 16.5. The summed E-state index contributed by atoms with van der Waals surface area (Å²) in [6.45, 7) is 3.99. The quantitative estimate of drug-likeness (QED) is 0.542. The number of aryl methyl sites for hydroxylation is 2. The van der Waals surface area contributed by atoms with Crippen LogP contribution in [0, 0.1) is 13.8 Å². The number of fused-ring (bicyclic) bond motifs is 3. The number of hydrogen-bond acceptors (Lipinski definition) is 5. The maximum atomic E-state index is 12.6. The Bertz CT molecular complexity index is 1360. The molecule has 4 aromatic rings. The number of amides is 1. The van der Waals surface area contributed by atoms with Gasteiger partial charge in [-0.2, -0.15) is 0 Å². The summed E-state index contributed by atoms with van der Waals surface area (Å²) in [5.41, 5.74) is 18.7. The molecular weight excluding hydrogens is 380 g/mol. The summed E-state index contributed by atoms with van der Waals surface area (Å²) in [6.07, 6.45) is 3.80. The first-order valence-corrected chi connectivity index (χ1v) is 9.94. The molecule has 8 heteroatoms. The van der Waals surface area contributed by atoms with Crippen molar-refractivity contribution in [3.8, 4) is 11.4 Å². The molecule has 1 aliphatic rings.